The molecule has 3 nitrogen and oxygen atoms in total. The topological polar surface area (TPSA) is 38.7 Å². The van der Waals surface area contributed by atoms with E-state index in [1.54, 1.807) is 18.0 Å². The Balaban J connectivity index is 1.53. The lowest BCUT2D eigenvalue weighted by molar-refractivity contribution is -0.140. The van der Waals surface area contributed by atoms with E-state index in [1.165, 1.54) is 0 Å². The van der Waals surface area contributed by atoms with Gasteiger partial charge in [-0.25, -0.2) is 4.79 Å². The fourth-order valence-electron chi connectivity index (χ4n) is 3.02. The lowest BCUT2D eigenvalue weighted by Gasteiger charge is -2.33. The molecule has 0 N–H and O–H groups in total. The number of nitrogens with zero attached hydrogens (tertiary/aromatic N) is 1. The highest BCUT2D eigenvalue weighted by molar-refractivity contribution is 8.04. The van der Waals surface area contributed by atoms with E-state index < -0.39 is 0 Å². The minimum absolute atomic E-state index is 0.245. The Morgan fingerprint density at radius 1 is 1.26 bits per heavy atom. The predicted octanol–water partition coefficient (Wildman–Crippen LogP) is 3.95. The highest BCUT2D eigenvalue weighted by Crippen LogP contribution is 2.54. The zero-order chi connectivity index (χ0) is 15.7. The first-order valence-electron chi connectivity index (χ1n) is 7.51. The minimum atomic E-state index is -0.270. The number of carbonyl (C=O) groups excluding carboxylic acids is 1. The Labute approximate surface area is 139 Å². The number of esters is 1. The van der Waals surface area contributed by atoms with Gasteiger partial charge in [0.15, 0.2) is 0 Å². The number of hydrogen-bond donors (Lipinski definition) is 0. The molecule has 114 valence electrons. The lowest BCUT2D eigenvalue weighted by atomic mass is 9.83. The van der Waals surface area contributed by atoms with Gasteiger partial charge in [-0.1, -0.05) is 42.5 Å². The van der Waals surface area contributed by atoms with Crippen molar-refractivity contribution < 1.29 is 9.53 Å². The Hall–Kier alpha value is -2.33. The van der Waals surface area contributed by atoms with Crippen LogP contribution in [0.4, 0.5) is 0 Å². The Bertz CT molecular complexity index is 802. The summed E-state index contributed by atoms with van der Waals surface area (Å²) in [6.45, 7) is 0.290. The van der Waals surface area contributed by atoms with Crippen molar-refractivity contribution >= 4 is 23.9 Å². The molecule has 4 heteroatoms. The van der Waals surface area contributed by atoms with Crippen molar-refractivity contribution in [1.29, 1.82) is 0 Å². The number of thioether (sulfide) groups is 1. The number of ether oxygens (including phenoxy) is 1. The second-order valence-corrected chi connectivity index (χ2v) is 6.75. The van der Waals surface area contributed by atoms with Gasteiger partial charge >= 0.3 is 5.97 Å². The third-order valence-electron chi connectivity index (χ3n) is 4.20. The highest BCUT2D eigenvalue weighted by atomic mass is 32.2. The van der Waals surface area contributed by atoms with Crippen LogP contribution in [0.15, 0.2) is 81.9 Å². The van der Waals surface area contributed by atoms with Crippen LogP contribution in [0, 0.1) is 0 Å². The molecule has 0 aromatic heterocycles. The first-order chi connectivity index (χ1) is 11.3. The van der Waals surface area contributed by atoms with Crippen LogP contribution >= 0.6 is 11.8 Å². The summed E-state index contributed by atoms with van der Waals surface area (Å²) in [7, 11) is 0. The van der Waals surface area contributed by atoms with Crippen LogP contribution in [0.3, 0.4) is 0 Å². The SMILES string of the molecule is O=C(OCc1ccccc1)C1=CSC23CC=CC=C2N=CC=C13. The summed E-state index contributed by atoms with van der Waals surface area (Å²) in [6, 6.07) is 9.72. The maximum atomic E-state index is 12.5. The van der Waals surface area contributed by atoms with Crippen molar-refractivity contribution in [3.8, 4) is 0 Å². The summed E-state index contributed by atoms with van der Waals surface area (Å²) in [4.78, 5) is 17.0. The number of allylic oxidation sites excluding steroid dienone is 4. The summed E-state index contributed by atoms with van der Waals surface area (Å²) in [5, 5.41) is 1.92. The van der Waals surface area contributed by atoms with Gasteiger partial charge in [0.25, 0.3) is 0 Å². The standard InChI is InChI=1S/C19H15NO2S/c21-18(22-12-14-6-2-1-3-7-14)15-13-23-19-10-5-4-8-17(19)20-11-9-16(15)19/h1-9,11,13H,10,12H2. The number of hydrogen-bond acceptors (Lipinski definition) is 4. The number of aliphatic imine (C=N–C) groups is 1. The van der Waals surface area contributed by atoms with Gasteiger partial charge in [0.05, 0.1) is 16.0 Å². The monoisotopic (exact) mass is 321 g/mol. The van der Waals surface area contributed by atoms with Gasteiger partial charge in [-0.3, -0.25) is 4.99 Å². The molecule has 1 spiro atoms. The van der Waals surface area contributed by atoms with E-state index in [9.17, 15) is 4.79 Å². The highest BCUT2D eigenvalue weighted by Gasteiger charge is 2.46. The molecule has 0 radical (unpaired) electrons. The van der Waals surface area contributed by atoms with Crippen LogP contribution in [0.1, 0.15) is 12.0 Å². The van der Waals surface area contributed by atoms with E-state index in [0.717, 1.165) is 23.3 Å². The second kappa shape index (κ2) is 5.70. The first kappa shape index (κ1) is 14.3. The zero-order valence-corrected chi connectivity index (χ0v) is 13.3. The molecule has 0 amide bonds. The molecule has 0 saturated carbocycles. The minimum Gasteiger partial charge on any atom is -0.457 e. The largest absolute Gasteiger partial charge is 0.457 e. The van der Waals surface area contributed by atoms with E-state index in [4.69, 9.17) is 4.74 Å². The van der Waals surface area contributed by atoms with Crippen LogP contribution in [0.2, 0.25) is 0 Å². The van der Waals surface area contributed by atoms with Gasteiger partial charge in [-0.05, 0) is 35.1 Å². The quantitative estimate of drug-likeness (QED) is 0.791. The Morgan fingerprint density at radius 2 is 2.13 bits per heavy atom. The smallest absolute Gasteiger partial charge is 0.339 e. The van der Waals surface area contributed by atoms with E-state index in [2.05, 4.69) is 11.1 Å². The molecule has 1 atom stereocenters. The summed E-state index contributed by atoms with van der Waals surface area (Å²) in [5.74, 6) is -0.270. The predicted molar refractivity (Wildman–Crippen MR) is 93.1 cm³/mol. The molecule has 1 aliphatic carbocycles. The van der Waals surface area contributed by atoms with Crippen LogP contribution in [0.25, 0.3) is 0 Å². The first-order valence-corrected chi connectivity index (χ1v) is 8.39. The molecular formula is C19H15NO2S. The summed E-state index contributed by atoms with van der Waals surface area (Å²) >= 11 is 1.65. The van der Waals surface area contributed by atoms with E-state index in [-0.39, 0.29) is 10.7 Å². The third kappa shape index (κ3) is 2.39. The summed E-state index contributed by atoms with van der Waals surface area (Å²) in [5.41, 5.74) is 3.65. The molecule has 0 fully saturated rings. The second-order valence-electron chi connectivity index (χ2n) is 5.58. The van der Waals surface area contributed by atoms with Crippen molar-refractivity contribution in [2.75, 3.05) is 0 Å². The fourth-order valence-corrected chi connectivity index (χ4v) is 4.30. The number of rotatable bonds is 3. The van der Waals surface area contributed by atoms with Crippen LogP contribution in [0.5, 0.6) is 0 Å². The van der Waals surface area contributed by atoms with Gasteiger partial charge < -0.3 is 4.74 Å². The average molecular weight is 321 g/mol. The van der Waals surface area contributed by atoms with Crippen LogP contribution < -0.4 is 0 Å². The van der Waals surface area contributed by atoms with E-state index >= 15 is 0 Å². The van der Waals surface area contributed by atoms with E-state index in [1.807, 2.05) is 54.0 Å². The van der Waals surface area contributed by atoms with Crippen molar-refractivity contribution in [2.24, 2.45) is 4.99 Å². The van der Waals surface area contributed by atoms with E-state index in [0.29, 0.717) is 12.2 Å². The molecule has 0 saturated heterocycles. The number of dihydropyridines is 1. The summed E-state index contributed by atoms with van der Waals surface area (Å²) in [6.07, 6.45) is 10.7. The normalized spacial score (nSPS) is 24.3. The molecule has 1 aromatic carbocycles. The van der Waals surface area contributed by atoms with Crippen molar-refractivity contribution in [2.45, 2.75) is 17.8 Å². The lowest BCUT2D eigenvalue weighted by Crippen LogP contribution is -2.31. The number of benzene rings is 1. The molecule has 1 aromatic rings. The van der Waals surface area contributed by atoms with Gasteiger partial charge in [-0.15, -0.1) is 11.8 Å². The third-order valence-corrected chi connectivity index (χ3v) is 5.55. The molecule has 0 bridgehead atoms. The molecule has 1 unspecified atom stereocenters. The van der Waals surface area contributed by atoms with Gasteiger partial charge in [0.2, 0.25) is 0 Å². The van der Waals surface area contributed by atoms with Gasteiger partial charge in [0.1, 0.15) is 6.61 Å². The van der Waals surface area contributed by atoms with Crippen LogP contribution in [-0.4, -0.2) is 16.9 Å². The zero-order valence-electron chi connectivity index (χ0n) is 12.4. The Kier molecular flexibility index (Phi) is 3.54. The molecule has 2 aliphatic heterocycles. The average Bonchev–Trinajstić information content (AvgIpc) is 2.98. The number of carbonyl (C=O) groups is 1. The maximum absolute atomic E-state index is 12.5. The Morgan fingerprint density at radius 3 is 3.00 bits per heavy atom. The maximum Gasteiger partial charge on any atom is 0.339 e. The van der Waals surface area contributed by atoms with Crippen molar-refractivity contribution in [3.63, 3.8) is 0 Å². The van der Waals surface area contributed by atoms with Gasteiger partial charge in [0, 0.05) is 6.21 Å². The molecule has 2 heterocycles. The summed E-state index contributed by atoms with van der Waals surface area (Å²) < 4.78 is 5.25. The molecule has 3 aliphatic rings. The molecule has 4 rings (SSSR count). The van der Waals surface area contributed by atoms with Crippen LogP contribution in [-0.2, 0) is 16.1 Å². The van der Waals surface area contributed by atoms with Crippen molar-refractivity contribution in [3.05, 3.63) is 82.5 Å². The molecule has 23 heavy (non-hydrogen) atoms. The van der Waals surface area contributed by atoms with Crippen molar-refractivity contribution in [1.82, 2.24) is 0 Å². The van der Waals surface area contributed by atoms with Gasteiger partial charge in [-0.2, -0.15) is 0 Å². The molecular weight excluding hydrogens is 306 g/mol. The fraction of sp³-hybridized carbons (Fsp3) is 0.158.